The molecule has 0 fully saturated rings. The van der Waals surface area contributed by atoms with Gasteiger partial charge in [-0.2, -0.15) is 13.2 Å². The first kappa shape index (κ1) is 18.8. The van der Waals surface area contributed by atoms with Gasteiger partial charge in [0.25, 0.3) is 5.91 Å². The van der Waals surface area contributed by atoms with E-state index in [2.05, 4.69) is 9.88 Å². The molecule has 27 heavy (non-hydrogen) atoms. The van der Waals surface area contributed by atoms with Crippen LogP contribution < -0.4 is 10.1 Å². The van der Waals surface area contributed by atoms with Gasteiger partial charge < -0.3 is 14.6 Å². The van der Waals surface area contributed by atoms with Crippen LogP contribution >= 0.6 is 0 Å². The van der Waals surface area contributed by atoms with Crippen molar-refractivity contribution in [3.8, 4) is 5.75 Å². The van der Waals surface area contributed by atoms with E-state index in [1.807, 2.05) is 36.5 Å². The lowest BCUT2D eigenvalue weighted by molar-refractivity contribution is -0.139. The van der Waals surface area contributed by atoms with Gasteiger partial charge in [0.15, 0.2) is 6.61 Å². The topological polar surface area (TPSA) is 43.3 Å². The number of nitrogens with one attached hydrogen (secondary N) is 1. The fourth-order valence-electron chi connectivity index (χ4n) is 2.83. The molecular weight excluding hydrogens is 357 g/mol. The maximum atomic E-state index is 12.9. The van der Waals surface area contributed by atoms with Gasteiger partial charge in [-0.15, -0.1) is 0 Å². The average molecular weight is 376 g/mol. The fourth-order valence-corrected chi connectivity index (χ4v) is 2.83. The normalized spacial score (nSPS) is 11.5. The molecule has 3 rings (SSSR count). The number of aromatic nitrogens is 1. The summed E-state index contributed by atoms with van der Waals surface area (Å²) in [7, 11) is 0. The first-order valence-corrected chi connectivity index (χ1v) is 8.55. The molecule has 2 aromatic carbocycles. The van der Waals surface area contributed by atoms with Crippen LogP contribution in [0.5, 0.6) is 5.75 Å². The van der Waals surface area contributed by atoms with Crippen molar-refractivity contribution in [2.75, 3.05) is 13.2 Å². The standard InChI is InChI=1S/C20H19F3N2O2/c21-20(22,23)16-7-2-4-9-18(16)27-14-19(26)24-11-5-12-25-13-10-15-6-1-3-8-17(15)25/h1-4,6-10,13H,5,11-12,14H2,(H,24,26). The summed E-state index contributed by atoms with van der Waals surface area (Å²) in [4.78, 5) is 11.8. The van der Waals surface area contributed by atoms with E-state index in [4.69, 9.17) is 4.74 Å². The molecule has 0 atom stereocenters. The van der Waals surface area contributed by atoms with Gasteiger partial charge in [0.2, 0.25) is 0 Å². The molecule has 0 saturated heterocycles. The molecule has 0 aliphatic heterocycles. The minimum atomic E-state index is -4.52. The molecule has 4 nitrogen and oxygen atoms in total. The van der Waals surface area contributed by atoms with Gasteiger partial charge in [0.05, 0.1) is 5.56 Å². The lowest BCUT2D eigenvalue weighted by atomic mass is 10.2. The number of benzene rings is 2. The molecule has 0 radical (unpaired) electrons. The summed E-state index contributed by atoms with van der Waals surface area (Å²) >= 11 is 0. The Kier molecular flexibility index (Phi) is 5.69. The Morgan fingerprint density at radius 1 is 1.04 bits per heavy atom. The number of carbonyl (C=O) groups is 1. The Bertz CT molecular complexity index is 919. The average Bonchev–Trinajstić information content (AvgIpc) is 3.06. The summed E-state index contributed by atoms with van der Waals surface area (Å²) in [6.07, 6.45) is -1.83. The number of halogens is 3. The van der Waals surface area contributed by atoms with Crippen molar-refractivity contribution in [2.24, 2.45) is 0 Å². The number of fused-ring (bicyclic) bond motifs is 1. The third kappa shape index (κ3) is 4.81. The largest absolute Gasteiger partial charge is 0.483 e. The third-order valence-electron chi connectivity index (χ3n) is 4.13. The number of para-hydroxylation sites is 2. The van der Waals surface area contributed by atoms with Crippen LogP contribution in [0.3, 0.4) is 0 Å². The van der Waals surface area contributed by atoms with E-state index in [0.717, 1.165) is 23.5 Å². The number of amides is 1. The van der Waals surface area contributed by atoms with Gasteiger partial charge in [-0.25, -0.2) is 0 Å². The summed E-state index contributed by atoms with van der Waals surface area (Å²) in [6.45, 7) is 0.681. The number of hydrogen-bond donors (Lipinski definition) is 1. The van der Waals surface area contributed by atoms with Crippen LogP contribution in [0.1, 0.15) is 12.0 Å². The molecule has 1 aromatic heterocycles. The number of hydrogen-bond acceptors (Lipinski definition) is 2. The summed E-state index contributed by atoms with van der Waals surface area (Å²) in [5.74, 6) is -0.802. The number of nitrogens with zero attached hydrogens (tertiary/aromatic N) is 1. The van der Waals surface area contributed by atoms with Crippen molar-refractivity contribution in [2.45, 2.75) is 19.1 Å². The molecule has 0 bridgehead atoms. The Morgan fingerprint density at radius 3 is 2.59 bits per heavy atom. The SMILES string of the molecule is O=C(COc1ccccc1C(F)(F)F)NCCCn1ccc2ccccc21. The van der Waals surface area contributed by atoms with Crippen molar-refractivity contribution in [3.63, 3.8) is 0 Å². The molecule has 0 unspecified atom stereocenters. The van der Waals surface area contributed by atoms with Gasteiger partial charge in [0.1, 0.15) is 5.75 Å². The zero-order valence-electron chi connectivity index (χ0n) is 14.5. The summed E-state index contributed by atoms with van der Waals surface area (Å²) < 4.78 is 45.8. The second-order valence-corrected chi connectivity index (χ2v) is 6.05. The predicted octanol–water partition coefficient (Wildman–Crippen LogP) is 4.25. The Balaban J connectivity index is 1.44. The number of carbonyl (C=O) groups excluding carboxylic acids is 1. The smallest absolute Gasteiger partial charge is 0.419 e. The van der Waals surface area contributed by atoms with E-state index in [1.165, 1.54) is 18.2 Å². The Hall–Kier alpha value is -2.96. The summed E-state index contributed by atoms with van der Waals surface area (Å²) in [5.41, 5.74) is 0.230. The lowest BCUT2D eigenvalue weighted by Crippen LogP contribution is -2.30. The molecule has 142 valence electrons. The van der Waals surface area contributed by atoms with Crippen LogP contribution in [0.25, 0.3) is 10.9 Å². The van der Waals surface area contributed by atoms with E-state index >= 15 is 0 Å². The van der Waals surface area contributed by atoms with Crippen LogP contribution in [-0.4, -0.2) is 23.6 Å². The van der Waals surface area contributed by atoms with E-state index < -0.39 is 24.3 Å². The Morgan fingerprint density at radius 2 is 1.78 bits per heavy atom. The fraction of sp³-hybridized carbons (Fsp3) is 0.250. The molecule has 1 amide bonds. The zero-order chi connectivity index (χ0) is 19.3. The second-order valence-electron chi connectivity index (χ2n) is 6.05. The number of aryl methyl sites for hydroxylation is 1. The van der Waals surface area contributed by atoms with E-state index in [9.17, 15) is 18.0 Å². The quantitative estimate of drug-likeness (QED) is 0.627. The maximum absolute atomic E-state index is 12.9. The third-order valence-corrected chi connectivity index (χ3v) is 4.13. The van der Waals surface area contributed by atoms with Crippen LogP contribution in [0.15, 0.2) is 60.8 Å². The van der Waals surface area contributed by atoms with Gasteiger partial charge in [-0.05, 0) is 36.1 Å². The molecule has 7 heteroatoms. The van der Waals surface area contributed by atoms with E-state index in [-0.39, 0.29) is 5.75 Å². The highest BCUT2D eigenvalue weighted by Crippen LogP contribution is 2.35. The van der Waals surface area contributed by atoms with Crippen molar-refractivity contribution in [1.29, 1.82) is 0 Å². The first-order chi connectivity index (χ1) is 12.9. The van der Waals surface area contributed by atoms with Gasteiger partial charge >= 0.3 is 6.18 Å². The number of alkyl halides is 3. The molecule has 1 N–H and O–H groups in total. The van der Waals surface area contributed by atoms with Crippen molar-refractivity contribution < 1.29 is 22.7 Å². The first-order valence-electron chi connectivity index (χ1n) is 8.55. The highest BCUT2D eigenvalue weighted by atomic mass is 19.4. The minimum absolute atomic E-state index is 0.348. The van der Waals surface area contributed by atoms with Gasteiger partial charge in [-0.3, -0.25) is 4.79 Å². The van der Waals surface area contributed by atoms with Crippen LogP contribution in [0, 0.1) is 0 Å². The monoisotopic (exact) mass is 376 g/mol. The molecule has 0 spiro atoms. The van der Waals surface area contributed by atoms with Gasteiger partial charge in [0, 0.05) is 24.8 Å². The van der Waals surface area contributed by atoms with Gasteiger partial charge in [-0.1, -0.05) is 30.3 Å². The highest BCUT2D eigenvalue weighted by molar-refractivity contribution is 5.80. The highest BCUT2D eigenvalue weighted by Gasteiger charge is 2.34. The number of ether oxygens (including phenoxy) is 1. The van der Waals surface area contributed by atoms with Crippen LogP contribution in [0.4, 0.5) is 13.2 Å². The van der Waals surface area contributed by atoms with Crippen LogP contribution in [0.2, 0.25) is 0 Å². The molecule has 0 aliphatic carbocycles. The number of rotatable bonds is 7. The second kappa shape index (κ2) is 8.16. The molecule has 0 saturated carbocycles. The zero-order valence-corrected chi connectivity index (χ0v) is 14.5. The van der Waals surface area contributed by atoms with Crippen molar-refractivity contribution in [3.05, 3.63) is 66.4 Å². The molecule has 3 aromatic rings. The Labute approximate surface area is 154 Å². The summed E-state index contributed by atoms with van der Waals surface area (Å²) in [6, 6.07) is 14.9. The van der Waals surface area contributed by atoms with Crippen LogP contribution in [-0.2, 0) is 17.5 Å². The molecular formula is C20H19F3N2O2. The maximum Gasteiger partial charge on any atom is 0.419 e. The van der Waals surface area contributed by atoms with Crippen molar-refractivity contribution in [1.82, 2.24) is 9.88 Å². The molecule has 1 heterocycles. The predicted molar refractivity (Wildman–Crippen MR) is 96.5 cm³/mol. The lowest BCUT2D eigenvalue weighted by Gasteiger charge is -2.13. The minimum Gasteiger partial charge on any atom is -0.483 e. The van der Waals surface area contributed by atoms with Crippen molar-refractivity contribution >= 4 is 16.8 Å². The van der Waals surface area contributed by atoms with E-state index in [0.29, 0.717) is 13.0 Å². The van der Waals surface area contributed by atoms with E-state index in [1.54, 1.807) is 0 Å². The summed E-state index contributed by atoms with van der Waals surface area (Å²) in [5, 5.41) is 3.81. The molecule has 0 aliphatic rings.